The number of hydrogen-bond donors (Lipinski definition) is 1. The van der Waals surface area contributed by atoms with E-state index in [9.17, 15) is 13.2 Å². The van der Waals surface area contributed by atoms with Gasteiger partial charge in [-0.1, -0.05) is 0 Å². The van der Waals surface area contributed by atoms with Crippen LogP contribution in [0, 0.1) is 0 Å². The Morgan fingerprint density at radius 2 is 1.90 bits per heavy atom. The molecule has 0 saturated carbocycles. The lowest BCUT2D eigenvalue weighted by Gasteiger charge is -2.33. The molecule has 1 N–H and O–H groups in total. The Labute approximate surface area is 162 Å². The van der Waals surface area contributed by atoms with E-state index in [1.54, 1.807) is 4.40 Å². The zero-order chi connectivity index (χ0) is 20.2. The van der Waals surface area contributed by atoms with E-state index in [0.29, 0.717) is 30.1 Å². The maximum Gasteiger partial charge on any atom is 0.417 e. The van der Waals surface area contributed by atoms with Gasteiger partial charge in [0, 0.05) is 31.7 Å². The van der Waals surface area contributed by atoms with Gasteiger partial charge in [-0.15, -0.1) is 10.2 Å². The highest BCUT2D eigenvalue weighted by Gasteiger charge is 2.35. The number of rotatable bonds is 2. The first-order chi connectivity index (χ1) is 13.9. The third kappa shape index (κ3) is 2.95. The van der Waals surface area contributed by atoms with Crippen LogP contribution in [0.3, 0.4) is 0 Å². The Kier molecular flexibility index (Phi) is 3.91. The minimum atomic E-state index is -4.58. The molecular weight excluding hydrogens is 387 g/mol. The molecule has 0 atom stereocenters. The standard InChI is InChI=1S/C17H16F3N9/c1-27-2-4-28(5-3-27)15-16-26-23-9-29(16)13-6-10(14-21-8-22-25-14)11(17(18,19)20)7-12(13)24-15/h6-9H,2-5H2,1H3,(H,21,22,25). The molecule has 9 nitrogen and oxygen atoms in total. The van der Waals surface area contributed by atoms with Gasteiger partial charge in [-0.05, 0) is 19.2 Å². The van der Waals surface area contributed by atoms with Crippen LogP contribution >= 0.6 is 0 Å². The lowest BCUT2D eigenvalue weighted by atomic mass is 10.0. The highest BCUT2D eigenvalue weighted by atomic mass is 19.4. The number of alkyl halides is 3. The summed E-state index contributed by atoms with van der Waals surface area (Å²) < 4.78 is 43.0. The molecule has 0 bridgehead atoms. The summed E-state index contributed by atoms with van der Waals surface area (Å²) in [7, 11) is 2.03. The van der Waals surface area contributed by atoms with Crippen LogP contribution in [0.2, 0.25) is 0 Å². The number of hydrogen-bond acceptors (Lipinski definition) is 7. The van der Waals surface area contributed by atoms with Crippen molar-refractivity contribution in [2.75, 3.05) is 38.1 Å². The predicted octanol–water partition coefficient (Wildman–Crippen LogP) is 1.83. The van der Waals surface area contributed by atoms with Crippen molar-refractivity contribution in [3.8, 4) is 11.4 Å². The van der Waals surface area contributed by atoms with E-state index in [-0.39, 0.29) is 16.9 Å². The number of benzene rings is 1. The zero-order valence-electron chi connectivity index (χ0n) is 15.3. The maximum absolute atomic E-state index is 13.8. The summed E-state index contributed by atoms with van der Waals surface area (Å²) in [5.41, 5.74) is 0.243. The third-order valence-electron chi connectivity index (χ3n) is 5.13. The fraction of sp³-hybridized carbons (Fsp3) is 0.353. The predicted molar refractivity (Wildman–Crippen MR) is 98.4 cm³/mol. The molecule has 1 aliphatic rings. The number of aromatic nitrogens is 7. The molecule has 1 saturated heterocycles. The van der Waals surface area contributed by atoms with Crippen LogP contribution in [0.4, 0.5) is 19.0 Å². The van der Waals surface area contributed by atoms with Gasteiger partial charge in [0.15, 0.2) is 11.6 Å². The summed E-state index contributed by atoms with van der Waals surface area (Å²) in [6, 6.07) is 2.45. The van der Waals surface area contributed by atoms with Crippen molar-refractivity contribution in [3.63, 3.8) is 0 Å². The van der Waals surface area contributed by atoms with Gasteiger partial charge in [-0.3, -0.25) is 9.50 Å². The summed E-state index contributed by atoms with van der Waals surface area (Å²) in [4.78, 5) is 12.7. The molecule has 1 aliphatic heterocycles. The number of nitrogens with one attached hydrogen (secondary N) is 1. The number of anilines is 1. The van der Waals surface area contributed by atoms with Crippen LogP contribution in [0.1, 0.15) is 5.56 Å². The van der Waals surface area contributed by atoms with Crippen LogP contribution in [0.15, 0.2) is 24.8 Å². The number of H-pyrrole nitrogens is 1. The fourth-order valence-corrected chi connectivity index (χ4v) is 3.58. The van der Waals surface area contributed by atoms with Crippen LogP contribution in [0.5, 0.6) is 0 Å². The normalized spacial score (nSPS) is 16.2. The molecule has 29 heavy (non-hydrogen) atoms. The molecular formula is C17H16F3N9. The molecule has 150 valence electrons. The second-order valence-electron chi connectivity index (χ2n) is 6.97. The van der Waals surface area contributed by atoms with Crippen LogP contribution in [-0.2, 0) is 6.18 Å². The molecule has 1 aromatic carbocycles. The lowest BCUT2D eigenvalue weighted by molar-refractivity contribution is -0.137. The molecule has 4 aromatic rings. The maximum atomic E-state index is 13.8. The Bertz CT molecular complexity index is 1170. The number of piperazine rings is 1. The van der Waals surface area contributed by atoms with Gasteiger partial charge < -0.3 is 9.80 Å². The van der Waals surface area contributed by atoms with E-state index < -0.39 is 11.7 Å². The van der Waals surface area contributed by atoms with E-state index in [4.69, 9.17) is 0 Å². The molecule has 4 heterocycles. The molecule has 0 radical (unpaired) electrons. The van der Waals surface area contributed by atoms with Crippen molar-refractivity contribution in [1.82, 2.24) is 39.7 Å². The number of aromatic amines is 1. The molecule has 3 aromatic heterocycles. The molecule has 0 aliphatic carbocycles. The van der Waals surface area contributed by atoms with Gasteiger partial charge in [0.1, 0.15) is 12.7 Å². The Balaban J connectivity index is 1.76. The zero-order valence-corrected chi connectivity index (χ0v) is 15.3. The highest BCUT2D eigenvalue weighted by molar-refractivity contribution is 5.87. The Morgan fingerprint density at radius 3 is 2.59 bits per heavy atom. The van der Waals surface area contributed by atoms with Crippen molar-refractivity contribution < 1.29 is 13.2 Å². The van der Waals surface area contributed by atoms with E-state index in [1.807, 2.05) is 11.9 Å². The number of halogens is 3. The largest absolute Gasteiger partial charge is 0.417 e. The molecule has 12 heteroatoms. The van der Waals surface area contributed by atoms with Crippen molar-refractivity contribution in [2.24, 2.45) is 0 Å². The molecule has 1 fully saturated rings. The topological polar surface area (TPSA) is 91.1 Å². The van der Waals surface area contributed by atoms with E-state index in [2.05, 4.69) is 35.3 Å². The number of nitrogens with zero attached hydrogens (tertiary/aromatic N) is 8. The van der Waals surface area contributed by atoms with Gasteiger partial charge in [0.2, 0.25) is 5.65 Å². The molecule has 0 amide bonds. The van der Waals surface area contributed by atoms with E-state index >= 15 is 0 Å². The van der Waals surface area contributed by atoms with Gasteiger partial charge >= 0.3 is 6.18 Å². The summed E-state index contributed by atoms with van der Waals surface area (Å²) in [5.74, 6) is 0.562. The minimum Gasteiger partial charge on any atom is -0.351 e. The van der Waals surface area contributed by atoms with Gasteiger partial charge in [-0.2, -0.15) is 18.3 Å². The summed E-state index contributed by atoms with van der Waals surface area (Å²) in [6.45, 7) is 3.08. The third-order valence-corrected chi connectivity index (χ3v) is 5.13. The summed E-state index contributed by atoms with van der Waals surface area (Å²) in [6.07, 6.45) is -1.92. The second kappa shape index (κ2) is 6.37. The smallest absolute Gasteiger partial charge is 0.351 e. The first-order valence-corrected chi connectivity index (χ1v) is 8.96. The monoisotopic (exact) mass is 403 g/mol. The Morgan fingerprint density at radius 1 is 1.10 bits per heavy atom. The molecule has 0 unspecified atom stereocenters. The van der Waals surface area contributed by atoms with Crippen molar-refractivity contribution in [1.29, 1.82) is 0 Å². The van der Waals surface area contributed by atoms with Crippen molar-refractivity contribution >= 4 is 22.5 Å². The number of fused-ring (bicyclic) bond motifs is 3. The summed E-state index contributed by atoms with van der Waals surface area (Å²) in [5, 5.41) is 14.3. The van der Waals surface area contributed by atoms with Crippen molar-refractivity contribution in [3.05, 3.63) is 30.4 Å². The van der Waals surface area contributed by atoms with E-state index in [1.165, 1.54) is 18.7 Å². The summed E-state index contributed by atoms with van der Waals surface area (Å²) >= 11 is 0. The van der Waals surface area contributed by atoms with Gasteiger partial charge in [0.05, 0.1) is 16.6 Å². The fourth-order valence-electron chi connectivity index (χ4n) is 3.58. The number of likely N-dealkylation sites (N-methyl/N-ethyl adjacent to an activating group) is 1. The van der Waals surface area contributed by atoms with Crippen LogP contribution < -0.4 is 4.90 Å². The first kappa shape index (κ1) is 17.8. The van der Waals surface area contributed by atoms with Crippen LogP contribution in [-0.4, -0.2) is 72.9 Å². The van der Waals surface area contributed by atoms with Gasteiger partial charge in [-0.25, -0.2) is 9.97 Å². The molecule has 5 rings (SSSR count). The highest BCUT2D eigenvalue weighted by Crippen LogP contribution is 2.38. The quantitative estimate of drug-likeness (QED) is 0.546. The van der Waals surface area contributed by atoms with E-state index in [0.717, 1.165) is 19.2 Å². The van der Waals surface area contributed by atoms with Crippen molar-refractivity contribution in [2.45, 2.75) is 6.18 Å². The minimum absolute atomic E-state index is 0.0311. The Hall–Kier alpha value is -3.28. The lowest BCUT2D eigenvalue weighted by Crippen LogP contribution is -2.45. The average Bonchev–Trinajstić information content (AvgIpc) is 3.38. The first-order valence-electron chi connectivity index (χ1n) is 8.96. The second-order valence-corrected chi connectivity index (χ2v) is 6.97. The molecule has 0 spiro atoms. The van der Waals surface area contributed by atoms with Gasteiger partial charge in [0.25, 0.3) is 0 Å². The van der Waals surface area contributed by atoms with Crippen LogP contribution in [0.25, 0.3) is 28.1 Å². The SMILES string of the molecule is CN1CCN(c2nc3cc(C(F)(F)F)c(-c4ncn[nH]4)cc3n3cnnc23)CC1. The average molecular weight is 403 g/mol.